The molecule has 126 valence electrons. The van der Waals surface area contributed by atoms with Gasteiger partial charge < -0.3 is 15.0 Å². The Kier molecular flexibility index (Phi) is 5.89. The van der Waals surface area contributed by atoms with E-state index in [1.807, 2.05) is 0 Å². The van der Waals surface area contributed by atoms with Gasteiger partial charge in [-0.15, -0.1) is 0 Å². The summed E-state index contributed by atoms with van der Waals surface area (Å²) in [5.41, 5.74) is 0.795. The first-order valence-corrected chi connectivity index (χ1v) is 7.48. The van der Waals surface area contributed by atoms with Crippen LogP contribution in [0.3, 0.4) is 0 Å². The highest BCUT2D eigenvalue weighted by Gasteiger charge is 2.16. The Morgan fingerprint density at radius 1 is 1.12 bits per heavy atom. The predicted molar refractivity (Wildman–Crippen MR) is 90.7 cm³/mol. The number of methoxy groups -OCH3 is 1. The maximum Gasteiger partial charge on any atom is 0.226 e. The van der Waals surface area contributed by atoms with E-state index in [1.165, 1.54) is 24.0 Å². The zero-order valence-electron chi connectivity index (χ0n) is 13.6. The standard InChI is InChI=1S/C18H19FN2O3/c1-13(22)21(17-6-4-3-5-16(17)19)12-11-18(23)20-14-7-9-15(24-2)10-8-14/h3-10H,11-12H2,1-2H3,(H,20,23). The number of nitrogens with one attached hydrogen (secondary N) is 1. The fourth-order valence-corrected chi connectivity index (χ4v) is 2.23. The predicted octanol–water partition coefficient (Wildman–Crippen LogP) is 3.22. The first kappa shape index (κ1) is 17.5. The van der Waals surface area contributed by atoms with Crippen LogP contribution in [-0.4, -0.2) is 25.5 Å². The maximum absolute atomic E-state index is 13.8. The lowest BCUT2D eigenvalue weighted by Crippen LogP contribution is -2.32. The summed E-state index contributed by atoms with van der Waals surface area (Å²) in [7, 11) is 1.56. The molecule has 0 atom stereocenters. The Morgan fingerprint density at radius 3 is 2.38 bits per heavy atom. The Bertz CT molecular complexity index is 716. The molecule has 0 bridgehead atoms. The van der Waals surface area contributed by atoms with E-state index in [9.17, 15) is 14.0 Å². The van der Waals surface area contributed by atoms with Crippen LogP contribution >= 0.6 is 0 Å². The van der Waals surface area contributed by atoms with Crippen molar-refractivity contribution in [2.24, 2.45) is 0 Å². The molecular formula is C18H19FN2O3. The molecule has 1 N–H and O–H groups in total. The average Bonchev–Trinajstić information content (AvgIpc) is 2.57. The Morgan fingerprint density at radius 2 is 1.79 bits per heavy atom. The second kappa shape index (κ2) is 8.10. The van der Waals surface area contributed by atoms with Crippen LogP contribution in [0.5, 0.6) is 5.75 Å². The van der Waals surface area contributed by atoms with Crippen molar-refractivity contribution in [3.63, 3.8) is 0 Å². The van der Waals surface area contributed by atoms with E-state index in [1.54, 1.807) is 43.5 Å². The lowest BCUT2D eigenvalue weighted by Gasteiger charge is -2.21. The fraction of sp³-hybridized carbons (Fsp3) is 0.222. The van der Waals surface area contributed by atoms with E-state index >= 15 is 0 Å². The number of benzene rings is 2. The lowest BCUT2D eigenvalue weighted by molar-refractivity contribution is -0.117. The number of anilines is 2. The Hall–Kier alpha value is -2.89. The van der Waals surface area contributed by atoms with Crippen LogP contribution in [0.1, 0.15) is 13.3 Å². The van der Waals surface area contributed by atoms with Crippen LogP contribution in [0.4, 0.5) is 15.8 Å². The van der Waals surface area contributed by atoms with Gasteiger partial charge in [0.2, 0.25) is 11.8 Å². The van der Waals surface area contributed by atoms with Crippen molar-refractivity contribution in [1.82, 2.24) is 0 Å². The number of carbonyl (C=O) groups is 2. The first-order chi connectivity index (χ1) is 11.5. The summed E-state index contributed by atoms with van der Waals surface area (Å²) >= 11 is 0. The molecule has 0 saturated heterocycles. The average molecular weight is 330 g/mol. The van der Waals surface area contributed by atoms with Crippen molar-refractivity contribution < 1.29 is 18.7 Å². The summed E-state index contributed by atoms with van der Waals surface area (Å²) in [5.74, 6) is -0.390. The minimum atomic E-state index is -0.497. The zero-order valence-corrected chi connectivity index (χ0v) is 13.6. The minimum Gasteiger partial charge on any atom is -0.497 e. The third-order valence-electron chi connectivity index (χ3n) is 3.46. The molecule has 2 rings (SSSR count). The SMILES string of the molecule is COc1ccc(NC(=O)CCN(C(C)=O)c2ccccc2F)cc1. The van der Waals surface area contributed by atoms with Crippen LogP contribution in [0.2, 0.25) is 0 Å². The molecule has 0 heterocycles. The van der Waals surface area contributed by atoms with Crippen LogP contribution in [0.15, 0.2) is 48.5 Å². The number of halogens is 1. The summed E-state index contributed by atoms with van der Waals surface area (Å²) in [6.07, 6.45) is 0.0555. The van der Waals surface area contributed by atoms with Gasteiger partial charge in [-0.05, 0) is 36.4 Å². The molecule has 0 aliphatic carbocycles. The second-order valence-electron chi connectivity index (χ2n) is 5.15. The van der Waals surface area contributed by atoms with E-state index in [0.29, 0.717) is 11.4 Å². The molecule has 0 radical (unpaired) electrons. The summed E-state index contributed by atoms with van der Waals surface area (Å²) in [4.78, 5) is 25.0. The molecular weight excluding hydrogens is 311 g/mol. The van der Waals surface area contributed by atoms with Crippen molar-refractivity contribution in [3.8, 4) is 5.75 Å². The molecule has 5 nitrogen and oxygen atoms in total. The van der Waals surface area contributed by atoms with Gasteiger partial charge in [-0.25, -0.2) is 4.39 Å². The van der Waals surface area contributed by atoms with E-state index in [-0.39, 0.29) is 30.5 Å². The molecule has 0 saturated carbocycles. The fourth-order valence-electron chi connectivity index (χ4n) is 2.23. The largest absolute Gasteiger partial charge is 0.497 e. The number of nitrogens with zero attached hydrogens (tertiary/aromatic N) is 1. The number of carbonyl (C=O) groups excluding carboxylic acids is 2. The highest BCUT2D eigenvalue weighted by atomic mass is 19.1. The van der Waals surface area contributed by atoms with E-state index in [2.05, 4.69) is 5.32 Å². The molecule has 0 fully saturated rings. The van der Waals surface area contributed by atoms with Gasteiger partial charge in [0.25, 0.3) is 0 Å². The number of hydrogen-bond acceptors (Lipinski definition) is 3. The van der Waals surface area contributed by atoms with Crippen molar-refractivity contribution in [2.45, 2.75) is 13.3 Å². The van der Waals surface area contributed by atoms with Crippen LogP contribution in [-0.2, 0) is 9.59 Å². The summed E-state index contributed by atoms with van der Waals surface area (Å²) in [6, 6.07) is 12.9. The summed E-state index contributed by atoms with van der Waals surface area (Å²) in [5, 5.41) is 2.73. The Balaban J connectivity index is 1.97. The van der Waals surface area contributed by atoms with Gasteiger partial charge in [-0.2, -0.15) is 0 Å². The van der Waals surface area contributed by atoms with Gasteiger partial charge in [-0.1, -0.05) is 12.1 Å². The number of amides is 2. The molecule has 6 heteroatoms. The van der Waals surface area contributed by atoms with Gasteiger partial charge >= 0.3 is 0 Å². The van der Waals surface area contributed by atoms with Crippen molar-refractivity contribution in [2.75, 3.05) is 23.9 Å². The molecule has 24 heavy (non-hydrogen) atoms. The molecule has 0 aliphatic heterocycles. The highest BCUT2D eigenvalue weighted by Crippen LogP contribution is 2.19. The van der Waals surface area contributed by atoms with Crippen LogP contribution in [0, 0.1) is 5.82 Å². The topological polar surface area (TPSA) is 58.6 Å². The third-order valence-corrected chi connectivity index (χ3v) is 3.46. The number of para-hydroxylation sites is 1. The van der Waals surface area contributed by atoms with E-state index in [4.69, 9.17) is 4.74 Å². The maximum atomic E-state index is 13.8. The zero-order chi connectivity index (χ0) is 17.5. The monoisotopic (exact) mass is 330 g/mol. The van der Waals surface area contributed by atoms with E-state index < -0.39 is 5.82 Å². The van der Waals surface area contributed by atoms with Crippen molar-refractivity contribution in [1.29, 1.82) is 0 Å². The van der Waals surface area contributed by atoms with Gasteiger partial charge in [0, 0.05) is 25.6 Å². The number of hydrogen-bond donors (Lipinski definition) is 1. The smallest absolute Gasteiger partial charge is 0.226 e. The number of rotatable bonds is 6. The molecule has 0 unspecified atom stereocenters. The molecule has 2 amide bonds. The van der Waals surface area contributed by atoms with Gasteiger partial charge in [0.15, 0.2) is 0 Å². The number of ether oxygens (including phenoxy) is 1. The quantitative estimate of drug-likeness (QED) is 0.885. The summed E-state index contributed by atoms with van der Waals surface area (Å²) in [6.45, 7) is 1.44. The van der Waals surface area contributed by atoms with Gasteiger partial charge in [-0.3, -0.25) is 9.59 Å². The van der Waals surface area contributed by atoms with Gasteiger partial charge in [0.05, 0.1) is 12.8 Å². The molecule has 2 aromatic rings. The van der Waals surface area contributed by atoms with Crippen LogP contribution in [0.25, 0.3) is 0 Å². The van der Waals surface area contributed by atoms with Crippen LogP contribution < -0.4 is 15.0 Å². The molecule has 0 spiro atoms. The Labute approximate surface area is 140 Å². The third kappa shape index (κ3) is 4.55. The highest BCUT2D eigenvalue weighted by molar-refractivity contribution is 5.94. The van der Waals surface area contributed by atoms with Gasteiger partial charge in [0.1, 0.15) is 11.6 Å². The summed E-state index contributed by atoms with van der Waals surface area (Å²) < 4.78 is 18.9. The second-order valence-corrected chi connectivity index (χ2v) is 5.15. The van der Waals surface area contributed by atoms with Crippen molar-refractivity contribution in [3.05, 3.63) is 54.3 Å². The lowest BCUT2D eigenvalue weighted by atomic mass is 10.2. The minimum absolute atomic E-state index is 0.0555. The molecule has 0 aromatic heterocycles. The first-order valence-electron chi connectivity index (χ1n) is 7.48. The van der Waals surface area contributed by atoms with E-state index in [0.717, 1.165) is 0 Å². The van der Waals surface area contributed by atoms with Crippen molar-refractivity contribution >= 4 is 23.2 Å². The normalized spacial score (nSPS) is 10.1. The molecule has 0 aliphatic rings. The molecule has 2 aromatic carbocycles.